The Morgan fingerprint density at radius 2 is 2.11 bits per heavy atom. The van der Waals surface area contributed by atoms with Gasteiger partial charge in [0.1, 0.15) is 5.75 Å². The van der Waals surface area contributed by atoms with E-state index in [0.717, 1.165) is 16.2 Å². The Morgan fingerprint density at radius 1 is 1.26 bits per heavy atom. The highest BCUT2D eigenvalue weighted by molar-refractivity contribution is 7.98. The Balaban J connectivity index is 2.26. The molecule has 0 aliphatic heterocycles. The highest BCUT2D eigenvalue weighted by Crippen LogP contribution is 2.24. The quantitative estimate of drug-likeness (QED) is 0.871. The van der Waals surface area contributed by atoms with Crippen LogP contribution < -0.4 is 10.3 Å². The first kappa shape index (κ1) is 13.4. The Labute approximate surface area is 115 Å². The fourth-order valence-electron chi connectivity index (χ4n) is 1.56. The Bertz CT molecular complexity index is 607. The van der Waals surface area contributed by atoms with Crippen LogP contribution in [0.4, 0.5) is 0 Å². The molecule has 98 valence electrons. The first-order valence-electron chi connectivity index (χ1n) is 5.68. The summed E-state index contributed by atoms with van der Waals surface area (Å²) in [5.41, 5.74) is 1.52. The van der Waals surface area contributed by atoms with E-state index < -0.39 is 0 Å². The van der Waals surface area contributed by atoms with E-state index in [4.69, 9.17) is 4.74 Å². The maximum Gasteiger partial charge on any atom is 0.264 e. The van der Waals surface area contributed by atoms with Crippen molar-refractivity contribution in [3.05, 3.63) is 51.9 Å². The van der Waals surface area contributed by atoms with Crippen LogP contribution in [0.3, 0.4) is 0 Å². The molecule has 19 heavy (non-hydrogen) atoms. The zero-order valence-corrected chi connectivity index (χ0v) is 11.5. The molecule has 0 spiro atoms. The lowest BCUT2D eigenvalue weighted by Crippen LogP contribution is -2.05. The first-order valence-corrected chi connectivity index (χ1v) is 6.90. The smallest absolute Gasteiger partial charge is 0.264 e. The second-order valence-corrected chi connectivity index (χ2v) is 4.71. The van der Waals surface area contributed by atoms with Crippen molar-refractivity contribution in [3.8, 4) is 5.75 Å². The van der Waals surface area contributed by atoms with Crippen LogP contribution in [-0.4, -0.2) is 23.6 Å². The van der Waals surface area contributed by atoms with Gasteiger partial charge in [0, 0.05) is 11.0 Å². The summed E-state index contributed by atoms with van der Waals surface area (Å²) in [6.45, 7) is 0. The normalized spacial score (nSPS) is 10.8. The van der Waals surface area contributed by atoms with E-state index in [1.165, 1.54) is 6.07 Å². The third-order valence-corrected chi connectivity index (χ3v) is 3.23. The van der Waals surface area contributed by atoms with Crippen molar-refractivity contribution >= 4 is 23.9 Å². The molecule has 0 bridgehead atoms. The number of aromatic nitrogens is 2. The van der Waals surface area contributed by atoms with Gasteiger partial charge in [0.05, 0.1) is 12.8 Å². The maximum absolute atomic E-state index is 10.9. The van der Waals surface area contributed by atoms with Gasteiger partial charge in [0.15, 0.2) is 0 Å². The zero-order valence-electron chi connectivity index (χ0n) is 10.7. The number of methoxy groups -OCH3 is 1. The lowest BCUT2D eigenvalue weighted by atomic mass is 10.2. The molecule has 2 rings (SSSR count). The molecular weight excluding hydrogens is 260 g/mol. The van der Waals surface area contributed by atoms with Gasteiger partial charge in [-0.05, 0) is 42.2 Å². The van der Waals surface area contributed by atoms with Gasteiger partial charge in [-0.25, -0.2) is 5.10 Å². The molecule has 1 heterocycles. The molecule has 2 aromatic rings. The number of nitrogens with zero attached hydrogens (tertiary/aromatic N) is 1. The average Bonchev–Trinajstić information content (AvgIpc) is 2.46. The molecule has 0 radical (unpaired) electrons. The Kier molecular flexibility index (Phi) is 4.41. The standard InChI is InChI=1S/C14H14N2O2S/c1-18-12-7-10(8-13(9-12)19-2)3-4-11-5-6-14(17)16-15-11/h3-9H,1-2H3,(H,16,17)/b4-3+. The highest BCUT2D eigenvalue weighted by atomic mass is 32.2. The predicted octanol–water partition coefficient (Wildman–Crippen LogP) is 2.67. The monoisotopic (exact) mass is 274 g/mol. The van der Waals surface area contributed by atoms with Crippen molar-refractivity contribution in [2.45, 2.75) is 4.90 Å². The van der Waals surface area contributed by atoms with Crippen molar-refractivity contribution < 1.29 is 4.74 Å². The van der Waals surface area contributed by atoms with Gasteiger partial charge in [-0.15, -0.1) is 11.8 Å². The van der Waals surface area contributed by atoms with Gasteiger partial charge in [-0.3, -0.25) is 4.79 Å². The highest BCUT2D eigenvalue weighted by Gasteiger charge is 1.98. The molecule has 0 unspecified atom stereocenters. The predicted molar refractivity (Wildman–Crippen MR) is 78.6 cm³/mol. The average molecular weight is 274 g/mol. The van der Waals surface area contributed by atoms with Crippen LogP contribution in [0.2, 0.25) is 0 Å². The van der Waals surface area contributed by atoms with Crippen molar-refractivity contribution in [3.63, 3.8) is 0 Å². The van der Waals surface area contributed by atoms with Crippen LogP contribution in [0, 0.1) is 0 Å². The number of hydrogen-bond acceptors (Lipinski definition) is 4. The van der Waals surface area contributed by atoms with Crippen LogP contribution >= 0.6 is 11.8 Å². The lowest BCUT2D eigenvalue weighted by molar-refractivity contribution is 0.413. The fraction of sp³-hybridized carbons (Fsp3) is 0.143. The number of thioether (sulfide) groups is 1. The third kappa shape index (κ3) is 3.72. The molecule has 0 fully saturated rings. The summed E-state index contributed by atoms with van der Waals surface area (Å²) in [5, 5.41) is 6.31. The summed E-state index contributed by atoms with van der Waals surface area (Å²) in [7, 11) is 1.65. The Morgan fingerprint density at radius 3 is 2.74 bits per heavy atom. The molecule has 1 N–H and O–H groups in total. The van der Waals surface area contributed by atoms with E-state index in [0.29, 0.717) is 5.69 Å². The molecule has 5 heteroatoms. The summed E-state index contributed by atoms with van der Waals surface area (Å²) in [6.07, 6.45) is 5.80. The molecule has 0 amide bonds. The summed E-state index contributed by atoms with van der Waals surface area (Å²) in [4.78, 5) is 12.0. The van der Waals surface area contributed by atoms with E-state index >= 15 is 0 Å². The second kappa shape index (κ2) is 6.24. The molecule has 0 aliphatic carbocycles. The number of H-pyrrole nitrogens is 1. The molecule has 0 aliphatic rings. The SMILES string of the molecule is COc1cc(/C=C/c2ccc(=O)[nH]n2)cc(SC)c1. The van der Waals surface area contributed by atoms with E-state index in [1.807, 2.05) is 30.5 Å². The zero-order chi connectivity index (χ0) is 13.7. The molecule has 0 atom stereocenters. The largest absolute Gasteiger partial charge is 0.497 e. The van der Waals surface area contributed by atoms with E-state index in [1.54, 1.807) is 24.9 Å². The van der Waals surface area contributed by atoms with E-state index in [2.05, 4.69) is 16.3 Å². The van der Waals surface area contributed by atoms with Crippen LogP contribution in [0.1, 0.15) is 11.3 Å². The van der Waals surface area contributed by atoms with Gasteiger partial charge in [0.2, 0.25) is 0 Å². The number of rotatable bonds is 4. The van der Waals surface area contributed by atoms with Crippen molar-refractivity contribution in [1.29, 1.82) is 0 Å². The summed E-state index contributed by atoms with van der Waals surface area (Å²) in [5.74, 6) is 0.820. The number of ether oxygens (including phenoxy) is 1. The van der Waals surface area contributed by atoms with Crippen LogP contribution in [0.15, 0.2) is 40.0 Å². The van der Waals surface area contributed by atoms with E-state index in [9.17, 15) is 4.79 Å². The van der Waals surface area contributed by atoms with Crippen molar-refractivity contribution in [2.24, 2.45) is 0 Å². The molecule has 1 aromatic carbocycles. The number of nitrogens with one attached hydrogen (secondary N) is 1. The molecule has 0 saturated carbocycles. The van der Waals surface area contributed by atoms with Crippen molar-refractivity contribution in [2.75, 3.05) is 13.4 Å². The summed E-state index contributed by atoms with van der Waals surface area (Å²) in [6, 6.07) is 9.12. The topological polar surface area (TPSA) is 55.0 Å². The minimum absolute atomic E-state index is 0.205. The fourth-order valence-corrected chi connectivity index (χ4v) is 2.04. The molecule has 1 aromatic heterocycles. The second-order valence-electron chi connectivity index (χ2n) is 3.83. The molecular formula is C14H14N2O2S. The van der Waals surface area contributed by atoms with Gasteiger partial charge in [0.25, 0.3) is 5.56 Å². The minimum Gasteiger partial charge on any atom is -0.497 e. The summed E-state index contributed by atoms with van der Waals surface area (Å²) < 4.78 is 5.25. The van der Waals surface area contributed by atoms with Crippen molar-refractivity contribution in [1.82, 2.24) is 10.2 Å². The van der Waals surface area contributed by atoms with Gasteiger partial charge >= 0.3 is 0 Å². The first-order chi connectivity index (χ1) is 9.21. The third-order valence-electron chi connectivity index (χ3n) is 2.52. The molecule has 0 saturated heterocycles. The Hall–Kier alpha value is -2.01. The van der Waals surface area contributed by atoms with Gasteiger partial charge < -0.3 is 4.74 Å². The van der Waals surface area contributed by atoms with Gasteiger partial charge in [-0.2, -0.15) is 5.10 Å². The minimum atomic E-state index is -0.205. The number of benzene rings is 1. The number of aromatic amines is 1. The van der Waals surface area contributed by atoms with Crippen LogP contribution in [0.25, 0.3) is 12.2 Å². The van der Waals surface area contributed by atoms with E-state index in [-0.39, 0.29) is 5.56 Å². The summed E-state index contributed by atoms with van der Waals surface area (Å²) >= 11 is 1.66. The number of hydrogen-bond donors (Lipinski definition) is 1. The lowest BCUT2D eigenvalue weighted by Gasteiger charge is -2.04. The maximum atomic E-state index is 10.9. The van der Waals surface area contributed by atoms with Crippen LogP contribution in [0.5, 0.6) is 5.75 Å². The van der Waals surface area contributed by atoms with Crippen LogP contribution in [-0.2, 0) is 0 Å². The molecule has 4 nitrogen and oxygen atoms in total. The van der Waals surface area contributed by atoms with Gasteiger partial charge in [-0.1, -0.05) is 6.08 Å².